The summed E-state index contributed by atoms with van der Waals surface area (Å²) in [6.07, 6.45) is 0. The third kappa shape index (κ3) is 4.11. The summed E-state index contributed by atoms with van der Waals surface area (Å²) in [5.74, 6) is -0.248. The molecule has 4 heteroatoms. The number of hydrogen-bond acceptors (Lipinski definition) is 4. The van der Waals surface area contributed by atoms with E-state index in [0.717, 1.165) is 22.4 Å². The summed E-state index contributed by atoms with van der Waals surface area (Å²) in [5.41, 5.74) is 3.29. The van der Waals surface area contributed by atoms with Crippen LogP contribution in [0.5, 0.6) is 0 Å². The van der Waals surface area contributed by atoms with Crippen LogP contribution >= 0.6 is 0 Å². The van der Waals surface area contributed by atoms with Gasteiger partial charge in [-0.2, -0.15) is 0 Å². The molecule has 2 aromatic rings. The van der Waals surface area contributed by atoms with Crippen LogP contribution in [0.3, 0.4) is 0 Å². The fourth-order valence-electron chi connectivity index (χ4n) is 2.34. The minimum absolute atomic E-state index is 0.0607. The molecule has 0 aliphatic rings. The van der Waals surface area contributed by atoms with Crippen molar-refractivity contribution in [3.8, 4) is 0 Å². The zero-order chi connectivity index (χ0) is 16.9. The number of aliphatic hydroxyl groups excluding tert-OH is 1. The maximum absolute atomic E-state index is 11.8. The number of aliphatic hydroxyl groups is 1. The number of hydrogen-bond donors (Lipinski definition) is 2. The van der Waals surface area contributed by atoms with E-state index in [1.807, 2.05) is 62.4 Å². The van der Waals surface area contributed by atoms with Crippen LogP contribution in [0.2, 0.25) is 0 Å². The Morgan fingerprint density at radius 2 is 1.61 bits per heavy atom. The highest BCUT2D eigenvalue weighted by Gasteiger charge is 2.30. The van der Waals surface area contributed by atoms with Gasteiger partial charge in [0.1, 0.15) is 0 Å². The van der Waals surface area contributed by atoms with Crippen molar-refractivity contribution in [2.24, 2.45) is 0 Å². The summed E-state index contributed by atoms with van der Waals surface area (Å²) < 4.78 is 4.85. The van der Waals surface area contributed by atoms with Gasteiger partial charge in [-0.3, -0.25) is 4.79 Å². The van der Waals surface area contributed by atoms with Crippen molar-refractivity contribution < 1.29 is 14.6 Å². The van der Waals surface area contributed by atoms with Gasteiger partial charge in [-0.05, 0) is 42.7 Å². The molecule has 2 aromatic carbocycles. The van der Waals surface area contributed by atoms with Gasteiger partial charge in [0.2, 0.25) is 0 Å². The number of methoxy groups -OCH3 is 1. The largest absolute Gasteiger partial charge is 0.468 e. The second kappa shape index (κ2) is 7.29. The predicted octanol–water partition coefficient (Wildman–Crippen LogP) is 3.24. The standard InChI is InChI=1S/C19H23NO3/c1-19(2,18(22)23-3)16-8-10-17(11-9-16)20-12-14-4-6-15(13-21)7-5-14/h4-11,20-21H,12-13H2,1-3H3. The van der Waals surface area contributed by atoms with E-state index in [0.29, 0.717) is 6.54 Å². The molecular weight excluding hydrogens is 290 g/mol. The van der Waals surface area contributed by atoms with Crippen LogP contribution < -0.4 is 5.32 Å². The monoisotopic (exact) mass is 313 g/mol. The molecule has 0 spiro atoms. The molecule has 0 aliphatic heterocycles. The van der Waals surface area contributed by atoms with Gasteiger partial charge >= 0.3 is 5.97 Å². The minimum Gasteiger partial charge on any atom is -0.468 e. The third-order valence-corrected chi connectivity index (χ3v) is 4.00. The molecule has 0 saturated carbocycles. The molecule has 23 heavy (non-hydrogen) atoms. The van der Waals surface area contributed by atoms with Crippen molar-refractivity contribution in [2.45, 2.75) is 32.4 Å². The Balaban J connectivity index is 2.01. The summed E-state index contributed by atoms with van der Waals surface area (Å²) in [5, 5.41) is 12.4. The minimum atomic E-state index is -0.659. The van der Waals surface area contributed by atoms with Crippen molar-refractivity contribution in [3.05, 3.63) is 65.2 Å². The van der Waals surface area contributed by atoms with Gasteiger partial charge in [-0.15, -0.1) is 0 Å². The topological polar surface area (TPSA) is 58.6 Å². The summed E-state index contributed by atoms with van der Waals surface area (Å²) in [4.78, 5) is 11.8. The molecule has 0 aromatic heterocycles. The molecule has 2 N–H and O–H groups in total. The van der Waals surface area contributed by atoms with Gasteiger partial charge in [-0.1, -0.05) is 36.4 Å². The van der Waals surface area contributed by atoms with Crippen molar-refractivity contribution in [1.29, 1.82) is 0 Å². The van der Waals surface area contributed by atoms with Gasteiger partial charge in [0, 0.05) is 12.2 Å². The zero-order valence-electron chi connectivity index (χ0n) is 13.8. The molecule has 2 rings (SSSR count). The summed E-state index contributed by atoms with van der Waals surface area (Å²) in [6.45, 7) is 4.46. The maximum Gasteiger partial charge on any atom is 0.315 e. The molecule has 122 valence electrons. The first kappa shape index (κ1) is 17.0. The van der Waals surface area contributed by atoms with E-state index >= 15 is 0 Å². The lowest BCUT2D eigenvalue weighted by Crippen LogP contribution is -2.30. The first-order valence-corrected chi connectivity index (χ1v) is 7.59. The number of carbonyl (C=O) groups excluding carboxylic acids is 1. The van der Waals surface area contributed by atoms with Crippen LogP contribution in [0, 0.1) is 0 Å². The smallest absolute Gasteiger partial charge is 0.315 e. The molecule has 0 unspecified atom stereocenters. The lowest BCUT2D eigenvalue weighted by Gasteiger charge is -2.22. The number of ether oxygens (including phenoxy) is 1. The fourth-order valence-corrected chi connectivity index (χ4v) is 2.34. The Labute approximate surface area is 137 Å². The molecule has 0 fully saturated rings. The molecule has 0 atom stereocenters. The first-order chi connectivity index (χ1) is 11.0. The van der Waals surface area contributed by atoms with Crippen molar-refractivity contribution in [3.63, 3.8) is 0 Å². The third-order valence-electron chi connectivity index (χ3n) is 4.00. The molecule has 0 bridgehead atoms. The quantitative estimate of drug-likeness (QED) is 0.804. The first-order valence-electron chi connectivity index (χ1n) is 7.59. The van der Waals surface area contributed by atoms with Gasteiger partial charge < -0.3 is 15.2 Å². The Morgan fingerprint density at radius 1 is 1.04 bits per heavy atom. The van der Waals surface area contributed by atoms with E-state index in [9.17, 15) is 4.79 Å². The molecular formula is C19H23NO3. The fraction of sp³-hybridized carbons (Fsp3) is 0.316. The second-order valence-corrected chi connectivity index (χ2v) is 6.02. The lowest BCUT2D eigenvalue weighted by molar-refractivity contribution is -0.146. The number of esters is 1. The number of anilines is 1. The van der Waals surface area contributed by atoms with Crippen LogP contribution in [0.15, 0.2) is 48.5 Å². The Hall–Kier alpha value is -2.33. The van der Waals surface area contributed by atoms with Crippen molar-refractivity contribution >= 4 is 11.7 Å². The molecule has 4 nitrogen and oxygen atoms in total. The number of carbonyl (C=O) groups is 1. The predicted molar refractivity (Wildman–Crippen MR) is 91.2 cm³/mol. The highest BCUT2D eigenvalue weighted by molar-refractivity contribution is 5.82. The highest BCUT2D eigenvalue weighted by atomic mass is 16.5. The van der Waals surface area contributed by atoms with E-state index in [2.05, 4.69) is 5.32 Å². The summed E-state index contributed by atoms with van der Waals surface area (Å²) in [7, 11) is 1.40. The number of rotatable bonds is 6. The zero-order valence-corrected chi connectivity index (χ0v) is 13.8. The van der Waals surface area contributed by atoms with Gasteiger partial charge in [-0.25, -0.2) is 0 Å². The number of benzene rings is 2. The Kier molecular flexibility index (Phi) is 5.40. The van der Waals surface area contributed by atoms with E-state index in [-0.39, 0.29) is 12.6 Å². The molecule has 0 amide bonds. The Morgan fingerprint density at radius 3 is 2.13 bits per heavy atom. The van der Waals surface area contributed by atoms with E-state index in [1.54, 1.807) is 0 Å². The van der Waals surface area contributed by atoms with Crippen LogP contribution in [0.1, 0.15) is 30.5 Å². The van der Waals surface area contributed by atoms with E-state index in [1.165, 1.54) is 7.11 Å². The van der Waals surface area contributed by atoms with E-state index < -0.39 is 5.41 Å². The average molecular weight is 313 g/mol. The average Bonchev–Trinajstić information content (AvgIpc) is 2.60. The second-order valence-electron chi connectivity index (χ2n) is 6.02. The van der Waals surface area contributed by atoms with E-state index in [4.69, 9.17) is 9.84 Å². The molecule has 0 heterocycles. The van der Waals surface area contributed by atoms with Gasteiger partial charge in [0.25, 0.3) is 0 Å². The van der Waals surface area contributed by atoms with Gasteiger partial charge in [0.15, 0.2) is 0 Å². The number of nitrogens with one attached hydrogen (secondary N) is 1. The SMILES string of the molecule is COC(=O)C(C)(C)c1ccc(NCc2ccc(CO)cc2)cc1. The maximum atomic E-state index is 11.8. The van der Waals surface area contributed by atoms with Crippen LogP contribution in [-0.4, -0.2) is 18.2 Å². The summed E-state index contributed by atoms with van der Waals surface area (Å²) in [6, 6.07) is 15.6. The van der Waals surface area contributed by atoms with Crippen LogP contribution in [0.25, 0.3) is 0 Å². The van der Waals surface area contributed by atoms with Crippen LogP contribution in [0.4, 0.5) is 5.69 Å². The Bertz CT molecular complexity index is 645. The van der Waals surface area contributed by atoms with Crippen LogP contribution in [-0.2, 0) is 28.1 Å². The normalized spacial score (nSPS) is 11.1. The lowest BCUT2D eigenvalue weighted by atomic mass is 9.85. The van der Waals surface area contributed by atoms with Gasteiger partial charge in [0.05, 0.1) is 19.1 Å². The highest BCUT2D eigenvalue weighted by Crippen LogP contribution is 2.26. The molecule has 0 saturated heterocycles. The summed E-state index contributed by atoms with van der Waals surface area (Å²) >= 11 is 0. The molecule has 0 radical (unpaired) electrons. The van der Waals surface area contributed by atoms with Crippen molar-refractivity contribution in [1.82, 2.24) is 0 Å². The molecule has 0 aliphatic carbocycles. The van der Waals surface area contributed by atoms with Crippen molar-refractivity contribution in [2.75, 3.05) is 12.4 Å².